The fourth-order valence-corrected chi connectivity index (χ4v) is 4.33. The minimum Gasteiger partial charge on any atom is -0.403 e. The van der Waals surface area contributed by atoms with Crippen molar-refractivity contribution in [3.05, 3.63) is 29.3 Å². The molecule has 1 aromatic heterocycles. The van der Waals surface area contributed by atoms with Gasteiger partial charge in [-0.05, 0) is 74.5 Å². The van der Waals surface area contributed by atoms with Crippen molar-refractivity contribution in [3.8, 4) is 17.5 Å². The van der Waals surface area contributed by atoms with Crippen LogP contribution in [0.2, 0.25) is 0 Å². The molecule has 3 aliphatic rings. The summed E-state index contributed by atoms with van der Waals surface area (Å²) in [5.74, 6) is 0.926. The molecule has 5 rings (SSSR count). The Morgan fingerprint density at radius 1 is 1.28 bits per heavy atom. The van der Waals surface area contributed by atoms with E-state index in [9.17, 15) is 10.1 Å². The predicted molar refractivity (Wildman–Crippen MR) is 107 cm³/mol. The SMILES string of the molecule is C[C@H](Nc1nnc(-c2ccc(C3CC3)c(C#N)c2)o1)C(=O)N1CCC2(CC1)CC2. The maximum Gasteiger partial charge on any atom is 0.316 e. The number of anilines is 1. The fourth-order valence-electron chi connectivity index (χ4n) is 4.33. The molecule has 29 heavy (non-hydrogen) atoms. The van der Waals surface area contributed by atoms with Gasteiger partial charge in [0, 0.05) is 18.7 Å². The van der Waals surface area contributed by atoms with Crippen LogP contribution in [0.25, 0.3) is 11.5 Å². The molecule has 0 unspecified atom stereocenters. The molecule has 2 aromatic rings. The molecule has 1 atom stereocenters. The number of piperidine rings is 1. The van der Waals surface area contributed by atoms with Crippen LogP contribution in [0.3, 0.4) is 0 Å². The lowest BCUT2D eigenvalue weighted by molar-refractivity contribution is -0.133. The zero-order valence-corrected chi connectivity index (χ0v) is 16.6. The summed E-state index contributed by atoms with van der Waals surface area (Å²) in [6.07, 6.45) is 7.17. The van der Waals surface area contributed by atoms with Crippen LogP contribution in [-0.4, -0.2) is 40.1 Å². The van der Waals surface area contributed by atoms with Crippen LogP contribution in [0.1, 0.15) is 62.5 Å². The summed E-state index contributed by atoms with van der Waals surface area (Å²) in [6, 6.07) is 7.78. The molecular weight excluding hydrogens is 366 g/mol. The molecule has 1 aliphatic heterocycles. The molecule has 1 aromatic carbocycles. The van der Waals surface area contributed by atoms with Gasteiger partial charge in [-0.1, -0.05) is 11.2 Å². The number of rotatable bonds is 5. The molecule has 0 bridgehead atoms. The second kappa shape index (κ2) is 6.87. The summed E-state index contributed by atoms with van der Waals surface area (Å²) in [5, 5.41) is 20.6. The number of nitrogens with zero attached hydrogens (tertiary/aromatic N) is 4. The minimum atomic E-state index is -0.427. The molecule has 1 saturated heterocycles. The monoisotopic (exact) mass is 391 g/mol. The molecule has 2 saturated carbocycles. The van der Waals surface area contributed by atoms with Crippen LogP contribution >= 0.6 is 0 Å². The summed E-state index contributed by atoms with van der Waals surface area (Å²) in [5.41, 5.74) is 3.03. The van der Waals surface area contributed by atoms with Crippen molar-refractivity contribution in [1.82, 2.24) is 15.1 Å². The van der Waals surface area contributed by atoms with E-state index in [0.29, 0.717) is 22.8 Å². The highest BCUT2D eigenvalue weighted by molar-refractivity contribution is 5.83. The van der Waals surface area contributed by atoms with Crippen molar-refractivity contribution in [2.45, 2.75) is 57.4 Å². The maximum atomic E-state index is 12.7. The van der Waals surface area contributed by atoms with Gasteiger partial charge in [-0.3, -0.25) is 4.79 Å². The molecule has 1 amide bonds. The maximum absolute atomic E-state index is 12.7. The number of hydrogen-bond donors (Lipinski definition) is 1. The van der Waals surface area contributed by atoms with E-state index in [1.54, 1.807) is 6.07 Å². The van der Waals surface area contributed by atoms with Gasteiger partial charge in [0.25, 0.3) is 0 Å². The number of nitrogens with one attached hydrogen (secondary N) is 1. The smallest absolute Gasteiger partial charge is 0.316 e. The summed E-state index contributed by atoms with van der Waals surface area (Å²) >= 11 is 0. The summed E-state index contributed by atoms with van der Waals surface area (Å²) in [4.78, 5) is 14.7. The molecule has 3 fully saturated rings. The first-order valence-electron chi connectivity index (χ1n) is 10.5. The lowest BCUT2D eigenvalue weighted by atomic mass is 9.93. The highest BCUT2D eigenvalue weighted by atomic mass is 16.4. The number of carbonyl (C=O) groups excluding carboxylic acids is 1. The average molecular weight is 391 g/mol. The quantitative estimate of drug-likeness (QED) is 0.835. The van der Waals surface area contributed by atoms with Gasteiger partial charge >= 0.3 is 6.01 Å². The van der Waals surface area contributed by atoms with Gasteiger partial charge in [0.15, 0.2) is 0 Å². The zero-order chi connectivity index (χ0) is 20.0. The van der Waals surface area contributed by atoms with Crippen LogP contribution in [0.5, 0.6) is 0 Å². The number of likely N-dealkylation sites (tertiary alicyclic amines) is 1. The van der Waals surface area contributed by atoms with Crippen molar-refractivity contribution >= 4 is 11.9 Å². The Kier molecular flexibility index (Phi) is 4.30. The first kappa shape index (κ1) is 18.2. The molecular formula is C22H25N5O2. The Hall–Kier alpha value is -2.88. The summed E-state index contributed by atoms with van der Waals surface area (Å²) in [7, 11) is 0. The average Bonchev–Trinajstić information content (AvgIpc) is 3.68. The van der Waals surface area contributed by atoms with Gasteiger partial charge in [0.05, 0.1) is 11.6 Å². The third-order valence-electron chi connectivity index (χ3n) is 6.67. The topological polar surface area (TPSA) is 95.0 Å². The number of hydrogen-bond acceptors (Lipinski definition) is 6. The highest BCUT2D eigenvalue weighted by Gasteiger charge is 2.45. The van der Waals surface area contributed by atoms with Crippen LogP contribution in [0.15, 0.2) is 22.6 Å². The Morgan fingerprint density at radius 2 is 2.03 bits per heavy atom. The van der Waals surface area contributed by atoms with Crippen LogP contribution < -0.4 is 5.32 Å². The van der Waals surface area contributed by atoms with E-state index < -0.39 is 6.04 Å². The number of amides is 1. The normalized spacial score (nSPS) is 20.9. The Labute approximate surface area is 170 Å². The van der Waals surface area contributed by atoms with Crippen molar-refractivity contribution < 1.29 is 9.21 Å². The van der Waals surface area contributed by atoms with E-state index in [0.717, 1.165) is 49.9 Å². The Morgan fingerprint density at radius 3 is 2.69 bits per heavy atom. The van der Waals surface area contributed by atoms with Crippen LogP contribution in [-0.2, 0) is 4.79 Å². The van der Waals surface area contributed by atoms with E-state index in [2.05, 4.69) is 21.6 Å². The largest absolute Gasteiger partial charge is 0.403 e. The van der Waals surface area contributed by atoms with Crippen LogP contribution in [0, 0.1) is 16.7 Å². The Bertz CT molecular complexity index is 973. The van der Waals surface area contributed by atoms with E-state index in [-0.39, 0.29) is 11.9 Å². The minimum absolute atomic E-state index is 0.0702. The van der Waals surface area contributed by atoms with Gasteiger partial charge in [0.1, 0.15) is 6.04 Å². The fraction of sp³-hybridized carbons (Fsp3) is 0.545. The standard InChI is InChI=1S/C22H25N5O2/c1-14(20(28)27-10-8-22(6-7-22)9-11-27)24-21-26-25-19(29-21)16-4-5-18(15-2-3-15)17(12-16)13-23/h4-5,12,14-15H,2-3,6-11H2,1H3,(H,24,26)/t14-/m0/s1. The second-order valence-corrected chi connectivity index (χ2v) is 8.79. The summed E-state index contributed by atoms with van der Waals surface area (Å²) < 4.78 is 5.72. The zero-order valence-electron chi connectivity index (χ0n) is 16.6. The highest BCUT2D eigenvalue weighted by Crippen LogP contribution is 2.53. The van der Waals surface area contributed by atoms with Gasteiger partial charge in [-0.15, -0.1) is 5.10 Å². The first-order valence-corrected chi connectivity index (χ1v) is 10.5. The van der Waals surface area contributed by atoms with Gasteiger partial charge < -0.3 is 14.6 Å². The van der Waals surface area contributed by atoms with E-state index in [1.807, 2.05) is 24.0 Å². The predicted octanol–water partition coefficient (Wildman–Crippen LogP) is 3.69. The number of benzene rings is 1. The number of aromatic nitrogens is 2. The van der Waals surface area contributed by atoms with Crippen molar-refractivity contribution in [3.63, 3.8) is 0 Å². The molecule has 2 aliphatic carbocycles. The lowest BCUT2D eigenvalue weighted by Crippen LogP contribution is -2.45. The van der Waals surface area contributed by atoms with Crippen LogP contribution in [0.4, 0.5) is 6.01 Å². The molecule has 7 heteroatoms. The molecule has 1 spiro atoms. The van der Waals surface area contributed by atoms with Gasteiger partial charge in [-0.2, -0.15) is 5.26 Å². The molecule has 0 radical (unpaired) electrons. The van der Waals surface area contributed by atoms with Crippen molar-refractivity contribution in [2.24, 2.45) is 5.41 Å². The lowest BCUT2D eigenvalue weighted by Gasteiger charge is -2.33. The van der Waals surface area contributed by atoms with Gasteiger partial charge in [-0.25, -0.2) is 0 Å². The number of carbonyl (C=O) groups is 1. The third-order valence-corrected chi connectivity index (χ3v) is 6.67. The molecule has 1 N–H and O–H groups in total. The summed E-state index contributed by atoms with van der Waals surface area (Å²) in [6.45, 7) is 3.50. The second-order valence-electron chi connectivity index (χ2n) is 8.79. The molecule has 2 heterocycles. The van der Waals surface area contributed by atoms with Crippen molar-refractivity contribution in [2.75, 3.05) is 18.4 Å². The van der Waals surface area contributed by atoms with Crippen molar-refractivity contribution in [1.29, 1.82) is 5.26 Å². The Balaban J connectivity index is 1.24. The van der Waals surface area contributed by atoms with E-state index in [4.69, 9.17) is 4.42 Å². The third kappa shape index (κ3) is 3.59. The van der Waals surface area contributed by atoms with E-state index >= 15 is 0 Å². The van der Waals surface area contributed by atoms with E-state index in [1.165, 1.54) is 12.8 Å². The number of nitriles is 1. The molecule has 150 valence electrons. The van der Waals surface area contributed by atoms with Gasteiger partial charge in [0.2, 0.25) is 11.8 Å². The molecule has 7 nitrogen and oxygen atoms in total. The first-order chi connectivity index (χ1) is 14.1.